The number of nitrogens with zero attached hydrogens (tertiary/aromatic N) is 1. The fourth-order valence-electron chi connectivity index (χ4n) is 5.52. The van der Waals surface area contributed by atoms with Crippen molar-refractivity contribution in [1.29, 1.82) is 0 Å². The van der Waals surface area contributed by atoms with E-state index in [1.807, 2.05) is 46.1 Å². The summed E-state index contributed by atoms with van der Waals surface area (Å²) in [5.41, 5.74) is 1.92. The van der Waals surface area contributed by atoms with Crippen LogP contribution >= 0.6 is 11.3 Å². The van der Waals surface area contributed by atoms with Gasteiger partial charge in [0.2, 0.25) is 0 Å². The van der Waals surface area contributed by atoms with Gasteiger partial charge in [-0.1, -0.05) is 93.0 Å². The van der Waals surface area contributed by atoms with E-state index in [0.717, 1.165) is 28.3 Å². The van der Waals surface area contributed by atoms with Crippen molar-refractivity contribution >= 4 is 45.8 Å². The number of ether oxygens (including phenoxy) is 1. The molecule has 6 nitrogen and oxygen atoms in total. The first-order chi connectivity index (χ1) is 21.7. The number of rotatable bonds is 6. The van der Waals surface area contributed by atoms with Crippen molar-refractivity contribution in [2.24, 2.45) is 17.3 Å². The van der Waals surface area contributed by atoms with Gasteiger partial charge in [-0.05, 0) is 81.0 Å². The minimum Gasteiger partial charge on any atom is -0.457 e. The number of carbonyl (C=O) groups excluding carboxylic acids is 2. The monoisotopic (exact) mass is 717 g/mol. The lowest BCUT2D eigenvalue weighted by molar-refractivity contribution is -0.153. The number of cyclic esters (lactones) is 1. The molecule has 2 heterocycles. The first-order valence-electron chi connectivity index (χ1n) is 17.7. The second-order valence-electron chi connectivity index (χ2n) is 17.7. The van der Waals surface area contributed by atoms with E-state index in [1.165, 1.54) is 0 Å². The molecule has 2 rings (SSSR count). The molecular formula is C39H67NO5SSi2. The Labute approximate surface area is 299 Å². The highest BCUT2D eigenvalue weighted by atomic mass is 32.1. The van der Waals surface area contributed by atoms with E-state index in [2.05, 4.69) is 105 Å². The van der Waals surface area contributed by atoms with Crippen LogP contribution in [0.25, 0.3) is 6.08 Å². The molecule has 0 aromatic carbocycles. The smallest absolute Gasteiger partial charge is 0.309 e. The number of Topliss-reactive ketones (excluding diaryl/α,β-unsaturated/α-hetero) is 1. The van der Waals surface area contributed by atoms with E-state index in [0.29, 0.717) is 6.42 Å². The average molecular weight is 718 g/mol. The minimum atomic E-state index is -2.40. The highest BCUT2D eigenvalue weighted by Crippen LogP contribution is 2.44. The Hall–Kier alpha value is -1.66. The molecule has 0 amide bonds. The molecule has 1 aromatic rings. The van der Waals surface area contributed by atoms with Gasteiger partial charge >= 0.3 is 5.97 Å². The highest BCUT2D eigenvalue weighted by Gasteiger charge is 2.50. The first kappa shape index (κ1) is 42.5. The molecule has 0 spiro atoms. The zero-order chi connectivity index (χ0) is 37.0. The van der Waals surface area contributed by atoms with Crippen LogP contribution in [0.4, 0.5) is 0 Å². The predicted octanol–water partition coefficient (Wildman–Crippen LogP) is 11.1. The van der Waals surface area contributed by atoms with Gasteiger partial charge in [0.05, 0.1) is 29.3 Å². The van der Waals surface area contributed by atoms with Crippen LogP contribution in [0.15, 0.2) is 34.8 Å². The van der Waals surface area contributed by atoms with E-state index in [9.17, 15) is 9.59 Å². The molecule has 0 fully saturated rings. The van der Waals surface area contributed by atoms with Crippen molar-refractivity contribution in [1.82, 2.24) is 4.98 Å². The number of aryl methyl sites for hydroxylation is 1. The van der Waals surface area contributed by atoms with Crippen LogP contribution in [0.1, 0.15) is 113 Å². The average Bonchev–Trinajstić information content (AvgIpc) is 3.34. The number of carbonyl (C=O) groups is 2. The molecule has 0 saturated heterocycles. The van der Waals surface area contributed by atoms with E-state index >= 15 is 0 Å². The van der Waals surface area contributed by atoms with Crippen LogP contribution in [-0.4, -0.2) is 51.7 Å². The molecule has 0 radical (unpaired) electrons. The Morgan fingerprint density at radius 1 is 0.979 bits per heavy atom. The summed E-state index contributed by atoms with van der Waals surface area (Å²) in [7, 11) is -4.62. The maximum Gasteiger partial charge on any atom is 0.309 e. The molecule has 0 unspecified atom stereocenters. The first-order valence-corrected chi connectivity index (χ1v) is 24.4. The number of allylic oxidation sites excluding steroid dienone is 3. The van der Waals surface area contributed by atoms with Gasteiger partial charge in [-0.2, -0.15) is 0 Å². The summed E-state index contributed by atoms with van der Waals surface area (Å²) < 4.78 is 20.4. The van der Waals surface area contributed by atoms with Crippen LogP contribution < -0.4 is 0 Å². The molecule has 48 heavy (non-hydrogen) atoms. The lowest BCUT2D eigenvalue weighted by Gasteiger charge is -2.46. The van der Waals surface area contributed by atoms with Crippen LogP contribution in [0, 0.1) is 24.2 Å². The second-order valence-corrected chi connectivity index (χ2v) is 28.3. The normalized spacial score (nSPS) is 26.3. The third kappa shape index (κ3) is 11.2. The summed E-state index contributed by atoms with van der Waals surface area (Å²) in [5, 5.41) is 2.89. The number of thiazole rings is 1. The van der Waals surface area contributed by atoms with Gasteiger partial charge in [-0.3, -0.25) is 9.59 Å². The predicted molar refractivity (Wildman–Crippen MR) is 208 cm³/mol. The fraction of sp³-hybridized carbons (Fsp3) is 0.718. The highest BCUT2D eigenvalue weighted by molar-refractivity contribution is 7.09. The molecule has 5 atom stereocenters. The van der Waals surface area contributed by atoms with Gasteiger partial charge in [-0.25, -0.2) is 4.98 Å². The topological polar surface area (TPSA) is 74.7 Å². The Morgan fingerprint density at radius 2 is 1.54 bits per heavy atom. The molecule has 1 aromatic heterocycles. The van der Waals surface area contributed by atoms with Crippen LogP contribution in [-0.2, 0) is 23.2 Å². The number of hydrogen-bond acceptors (Lipinski definition) is 7. The second kappa shape index (κ2) is 16.1. The Morgan fingerprint density at radius 3 is 2.06 bits per heavy atom. The van der Waals surface area contributed by atoms with Crippen molar-refractivity contribution in [3.05, 3.63) is 45.5 Å². The standard InChI is InChI=1S/C39H67NO5SSi2/c1-26-19-18-20-27(2)35(45-48(16,17)38(9,10)11)29(4)36(42)39(12,13)33(44-47(14,15)37(6,7)8)24-34(41)43-32(22-21-26)28(3)23-31-25-46-30(5)40-31/h18-19,21,23,25,27,29,32-33,35H,20,22,24H2,1-17H3/t27-,29+,32-,33-,35-/m0/s1. The lowest BCUT2D eigenvalue weighted by atomic mass is 9.73. The van der Waals surface area contributed by atoms with Gasteiger partial charge in [0.15, 0.2) is 16.6 Å². The number of hydrogen-bond donors (Lipinski definition) is 0. The van der Waals surface area contributed by atoms with E-state index in [1.54, 1.807) is 11.3 Å². The van der Waals surface area contributed by atoms with E-state index in [4.69, 9.17) is 13.6 Å². The maximum absolute atomic E-state index is 14.8. The number of ketones is 1. The van der Waals surface area contributed by atoms with Gasteiger partial charge in [0.25, 0.3) is 0 Å². The van der Waals surface area contributed by atoms with Crippen molar-refractivity contribution < 1.29 is 23.2 Å². The molecule has 0 aliphatic carbocycles. The molecule has 1 aliphatic heterocycles. The SMILES string of the molecule is CC1=CC[C@@H](C(C)=Cc2csc(C)n2)OC(=O)C[C@H](O[Si](C)(C)C(C)(C)C)C(C)(C)C(=O)[C@H](C)[C@@H](O[Si](C)(C)C(C)(C)C)[C@@H](C)CC=C1. The largest absolute Gasteiger partial charge is 0.457 e. The fourth-order valence-corrected chi connectivity index (χ4v) is 9.00. The number of aromatic nitrogens is 1. The quantitative estimate of drug-likeness (QED) is 0.215. The summed E-state index contributed by atoms with van der Waals surface area (Å²) >= 11 is 1.60. The van der Waals surface area contributed by atoms with E-state index < -0.39 is 40.2 Å². The lowest BCUT2D eigenvalue weighted by Crippen LogP contribution is -2.54. The third-order valence-electron chi connectivity index (χ3n) is 11.1. The van der Waals surface area contributed by atoms with Gasteiger partial charge in [0, 0.05) is 23.1 Å². The summed E-state index contributed by atoms with van der Waals surface area (Å²) in [6.07, 6.45) is 8.38. The minimum absolute atomic E-state index is 0.00536. The van der Waals surface area contributed by atoms with Crippen LogP contribution in [0.5, 0.6) is 0 Å². The van der Waals surface area contributed by atoms with Crippen LogP contribution in [0.3, 0.4) is 0 Å². The van der Waals surface area contributed by atoms with Crippen molar-refractivity contribution in [3.63, 3.8) is 0 Å². The summed E-state index contributed by atoms with van der Waals surface area (Å²) in [5.74, 6) is -0.595. The maximum atomic E-state index is 14.8. The van der Waals surface area contributed by atoms with Crippen LogP contribution in [0.2, 0.25) is 36.3 Å². The third-order valence-corrected chi connectivity index (χ3v) is 20.8. The van der Waals surface area contributed by atoms with Crippen molar-refractivity contribution in [2.45, 2.75) is 164 Å². The molecule has 9 heteroatoms. The van der Waals surface area contributed by atoms with Gasteiger partial charge < -0.3 is 13.6 Å². The zero-order valence-electron chi connectivity index (χ0n) is 33.3. The summed E-state index contributed by atoms with van der Waals surface area (Å²) in [4.78, 5) is 33.4. The molecule has 0 N–H and O–H groups in total. The molecule has 0 saturated carbocycles. The zero-order valence-corrected chi connectivity index (χ0v) is 36.1. The van der Waals surface area contributed by atoms with Crippen molar-refractivity contribution in [2.75, 3.05) is 0 Å². The van der Waals surface area contributed by atoms with Gasteiger partial charge in [-0.15, -0.1) is 11.3 Å². The Balaban J connectivity index is 2.70. The molecule has 272 valence electrons. The molecular weight excluding hydrogens is 651 g/mol. The van der Waals surface area contributed by atoms with Gasteiger partial charge in [0.1, 0.15) is 11.9 Å². The molecule has 0 bridgehead atoms. The summed E-state index contributed by atoms with van der Waals surface area (Å²) in [6.45, 7) is 36.3. The molecule has 1 aliphatic rings. The number of esters is 1. The van der Waals surface area contributed by atoms with Crippen molar-refractivity contribution in [3.8, 4) is 0 Å². The summed E-state index contributed by atoms with van der Waals surface area (Å²) in [6, 6.07) is 0. The Bertz CT molecular complexity index is 1360. The van der Waals surface area contributed by atoms with E-state index in [-0.39, 0.29) is 40.3 Å². The Kier molecular flexibility index (Phi) is 14.3.